The fraction of sp³-hybridized carbons (Fsp3) is 0.0667. The molecule has 3 heteroatoms. The number of hydrogen-bond acceptors (Lipinski definition) is 3. The number of thiophene rings is 1. The van der Waals surface area contributed by atoms with Crippen LogP contribution < -0.4 is 4.90 Å². The normalized spacial score (nSPS) is 13.4. The zero-order valence-electron chi connectivity index (χ0n) is 26.7. The SMILES string of the molecule is CC1(C)c2ccccc2-c2ccc(N(c3ccc4c(c3)oc3ccccc34)c3ccccc3-c3cccc4sc5ccccc5c34)cc21. The summed E-state index contributed by atoms with van der Waals surface area (Å²) < 4.78 is 9.06. The van der Waals surface area contributed by atoms with Gasteiger partial charge >= 0.3 is 0 Å². The molecule has 0 aliphatic heterocycles. The molecule has 0 spiro atoms. The van der Waals surface area contributed by atoms with Crippen molar-refractivity contribution < 1.29 is 4.42 Å². The van der Waals surface area contributed by atoms with Crippen molar-refractivity contribution in [3.05, 3.63) is 163 Å². The second-order valence-electron chi connectivity index (χ2n) is 13.3. The van der Waals surface area contributed by atoms with E-state index in [0.29, 0.717) is 0 Å². The molecule has 0 fully saturated rings. The zero-order valence-corrected chi connectivity index (χ0v) is 27.5. The topological polar surface area (TPSA) is 16.4 Å². The lowest BCUT2D eigenvalue weighted by Crippen LogP contribution is -2.16. The molecular formula is C45H31NOS. The Morgan fingerprint density at radius 1 is 0.479 bits per heavy atom. The van der Waals surface area contributed by atoms with Gasteiger partial charge in [-0.15, -0.1) is 11.3 Å². The van der Waals surface area contributed by atoms with Crippen LogP contribution in [0.25, 0.3) is 64.4 Å². The molecule has 2 nitrogen and oxygen atoms in total. The Balaban J connectivity index is 1.24. The van der Waals surface area contributed by atoms with Crippen molar-refractivity contribution >= 4 is 70.5 Å². The average Bonchev–Trinajstić information content (AvgIpc) is 3.76. The van der Waals surface area contributed by atoms with Gasteiger partial charge in [-0.25, -0.2) is 0 Å². The van der Waals surface area contributed by atoms with Crippen molar-refractivity contribution in [3.63, 3.8) is 0 Å². The molecule has 2 heterocycles. The van der Waals surface area contributed by atoms with Crippen LogP contribution in [-0.2, 0) is 5.41 Å². The highest BCUT2D eigenvalue weighted by atomic mass is 32.1. The van der Waals surface area contributed by atoms with Crippen molar-refractivity contribution in [2.45, 2.75) is 19.3 Å². The Labute approximate surface area is 283 Å². The van der Waals surface area contributed by atoms with Crippen LogP contribution in [0.15, 0.2) is 156 Å². The van der Waals surface area contributed by atoms with Crippen LogP contribution in [0.1, 0.15) is 25.0 Å². The summed E-state index contributed by atoms with van der Waals surface area (Å²) in [6, 6.07) is 55.2. The number of nitrogens with zero attached hydrogens (tertiary/aromatic N) is 1. The molecular weight excluding hydrogens is 603 g/mol. The van der Waals surface area contributed by atoms with Crippen molar-refractivity contribution in [2.75, 3.05) is 4.90 Å². The summed E-state index contributed by atoms with van der Waals surface area (Å²) in [4.78, 5) is 2.43. The Kier molecular flexibility index (Phi) is 5.82. The highest BCUT2D eigenvalue weighted by molar-refractivity contribution is 7.25. The van der Waals surface area contributed by atoms with Gasteiger partial charge in [0.1, 0.15) is 11.2 Å². The Morgan fingerprint density at radius 3 is 2.04 bits per heavy atom. The van der Waals surface area contributed by atoms with E-state index in [1.54, 1.807) is 0 Å². The van der Waals surface area contributed by atoms with Crippen LogP contribution in [0.4, 0.5) is 17.1 Å². The van der Waals surface area contributed by atoms with E-state index >= 15 is 0 Å². The fourth-order valence-electron chi connectivity index (χ4n) is 8.01. The molecule has 2 aromatic heterocycles. The minimum Gasteiger partial charge on any atom is -0.456 e. The molecule has 10 rings (SSSR count). The van der Waals surface area contributed by atoms with Gasteiger partial charge in [0, 0.05) is 59.4 Å². The predicted octanol–water partition coefficient (Wildman–Crippen LogP) is 13.4. The molecule has 228 valence electrons. The first kappa shape index (κ1) is 27.5. The highest BCUT2D eigenvalue weighted by Crippen LogP contribution is 2.52. The summed E-state index contributed by atoms with van der Waals surface area (Å²) in [5.41, 5.74) is 12.8. The summed E-state index contributed by atoms with van der Waals surface area (Å²) in [5, 5.41) is 4.88. The van der Waals surface area contributed by atoms with Crippen LogP contribution >= 0.6 is 11.3 Å². The van der Waals surface area contributed by atoms with Crippen molar-refractivity contribution in [3.8, 4) is 22.3 Å². The van der Waals surface area contributed by atoms with E-state index in [1.807, 2.05) is 23.5 Å². The number of anilines is 3. The molecule has 0 amide bonds. The quantitative estimate of drug-likeness (QED) is 0.192. The van der Waals surface area contributed by atoms with E-state index in [0.717, 1.165) is 39.0 Å². The van der Waals surface area contributed by atoms with Gasteiger partial charge < -0.3 is 9.32 Å². The van der Waals surface area contributed by atoms with Crippen molar-refractivity contribution in [1.82, 2.24) is 0 Å². The van der Waals surface area contributed by atoms with E-state index in [-0.39, 0.29) is 5.41 Å². The lowest BCUT2D eigenvalue weighted by atomic mass is 9.82. The van der Waals surface area contributed by atoms with Gasteiger partial charge in [0.05, 0.1) is 5.69 Å². The fourth-order valence-corrected chi connectivity index (χ4v) is 9.14. The van der Waals surface area contributed by atoms with E-state index in [9.17, 15) is 0 Å². The van der Waals surface area contributed by atoms with Crippen molar-refractivity contribution in [1.29, 1.82) is 0 Å². The number of hydrogen-bond donors (Lipinski definition) is 0. The molecule has 0 N–H and O–H groups in total. The van der Waals surface area contributed by atoms with E-state index in [1.165, 1.54) is 53.6 Å². The number of fused-ring (bicyclic) bond motifs is 9. The molecule has 0 saturated heterocycles. The summed E-state index contributed by atoms with van der Waals surface area (Å²) in [5.74, 6) is 0. The molecule has 0 atom stereocenters. The van der Waals surface area contributed by atoms with Crippen LogP contribution in [0.3, 0.4) is 0 Å². The largest absolute Gasteiger partial charge is 0.456 e. The average molecular weight is 634 g/mol. The van der Waals surface area contributed by atoms with Gasteiger partial charge in [0.15, 0.2) is 0 Å². The second-order valence-corrected chi connectivity index (χ2v) is 14.4. The van der Waals surface area contributed by atoms with Crippen LogP contribution in [-0.4, -0.2) is 0 Å². The third kappa shape index (κ3) is 3.92. The zero-order chi connectivity index (χ0) is 32.0. The number of rotatable bonds is 4. The van der Waals surface area contributed by atoms with Gasteiger partial charge in [-0.3, -0.25) is 0 Å². The van der Waals surface area contributed by atoms with Crippen LogP contribution in [0.2, 0.25) is 0 Å². The summed E-state index contributed by atoms with van der Waals surface area (Å²) in [6.45, 7) is 4.70. The summed E-state index contributed by atoms with van der Waals surface area (Å²) in [6.07, 6.45) is 0. The van der Waals surface area contributed by atoms with Gasteiger partial charge in [0.2, 0.25) is 0 Å². The van der Waals surface area contributed by atoms with Gasteiger partial charge in [-0.2, -0.15) is 0 Å². The standard InChI is InChI=1S/C45H31NOS/c1-45(2)37-17-7-3-12-30(37)31-24-22-28(26-38(31)45)46(29-23-25-34-33-14-5-9-19-40(33)47-41(34)27-29)39-18-8-4-13-32(39)35-16-11-21-43-44(35)36-15-6-10-20-42(36)48-43/h3-27H,1-2H3. The molecule has 0 saturated carbocycles. The maximum absolute atomic E-state index is 6.45. The molecule has 0 bridgehead atoms. The van der Waals surface area contributed by atoms with Gasteiger partial charge in [-0.1, -0.05) is 111 Å². The van der Waals surface area contributed by atoms with Crippen LogP contribution in [0, 0.1) is 0 Å². The first-order chi connectivity index (χ1) is 23.6. The van der Waals surface area contributed by atoms with Gasteiger partial charge in [-0.05, 0) is 76.3 Å². The van der Waals surface area contributed by atoms with E-state index in [4.69, 9.17) is 4.42 Å². The van der Waals surface area contributed by atoms with Gasteiger partial charge in [0.25, 0.3) is 0 Å². The Morgan fingerprint density at radius 2 is 1.12 bits per heavy atom. The Hall–Kier alpha value is -5.64. The molecule has 48 heavy (non-hydrogen) atoms. The predicted molar refractivity (Wildman–Crippen MR) is 204 cm³/mol. The maximum Gasteiger partial charge on any atom is 0.137 e. The van der Waals surface area contributed by atoms with E-state index < -0.39 is 0 Å². The lowest BCUT2D eigenvalue weighted by Gasteiger charge is -2.30. The molecule has 1 aliphatic rings. The smallest absolute Gasteiger partial charge is 0.137 e. The summed E-state index contributed by atoms with van der Waals surface area (Å²) in [7, 11) is 0. The highest BCUT2D eigenvalue weighted by Gasteiger charge is 2.36. The molecule has 7 aromatic carbocycles. The molecule has 0 radical (unpaired) electrons. The number of benzene rings is 7. The summed E-state index contributed by atoms with van der Waals surface area (Å²) >= 11 is 1.86. The molecule has 1 aliphatic carbocycles. The molecule has 9 aromatic rings. The first-order valence-electron chi connectivity index (χ1n) is 16.5. The Bertz CT molecular complexity index is 2730. The van der Waals surface area contributed by atoms with Crippen molar-refractivity contribution in [2.24, 2.45) is 0 Å². The minimum atomic E-state index is -0.114. The number of para-hydroxylation sites is 2. The number of furan rings is 1. The minimum absolute atomic E-state index is 0.114. The second kappa shape index (κ2) is 10.2. The monoisotopic (exact) mass is 633 g/mol. The maximum atomic E-state index is 6.45. The van der Waals surface area contributed by atoms with Crippen LogP contribution in [0.5, 0.6) is 0 Å². The third-order valence-electron chi connectivity index (χ3n) is 10.3. The lowest BCUT2D eigenvalue weighted by molar-refractivity contribution is 0.660. The third-order valence-corrected chi connectivity index (χ3v) is 11.4. The molecule has 0 unspecified atom stereocenters. The first-order valence-corrected chi connectivity index (χ1v) is 17.3. The van der Waals surface area contributed by atoms with E-state index in [2.05, 4.69) is 158 Å².